The second-order valence-electron chi connectivity index (χ2n) is 2.89. The molecule has 1 heteroatoms. The predicted octanol–water partition coefficient (Wildman–Crippen LogP) is 3.84. The lowest BCUT2D eigenvalue weighted by molar-refractivity contribution is 0.195. The third-order valence-corrected chi connectivity index (χ3v) is 1.65. The van der Waals surface area contributed by atoms with Crippen LogP contribution in [-0.2, 0) is 4.74 Å². The largest absolute Gasteiger partial charge is 0.494 e. The molecule has 0 bridgehead atoms. The molecule has 1 nitrogen and oxygen atoms in total. The zero-order valence-corrected chi connectivity index (χ0v) is 9.02. The Hall–Kier alpha value is -0.980. The van der Waals surface area contributed by atoms with E-state index in [0.717, 1.165) is 30.8 Å². The lowest BCUT2D eigenvalue weighted by Gasteiger charge is -2.18. The summed E-state index contributed by atoms with van der Waals surface area (Å²) in [6.07, 6.45) is 4.21. The van der Waals surface area contributed by atoms with Crippen LogP contribution in [0.1, 0.15) is 33.6 Å². The molecule has 0 spiro atoms. The van der Waals surface area contributed by atoms with E-state index in [1.54, 1.807) is 0 Å². The molecule has 0 aromatic carbocycles. The quantitative estimate of drug-likeness (QED) is 0.595. The molecule has 1 aliphatic heterocycles. The molecule has 0 unspecified atom stereocenters. The van der Waals surface area contributed by atoms with Crippen LogP contribution in [0.2, 0.25) is 0 Å². The van der Waals surface area contributed by atoms with E-state index in [1.165, 1.54) is 5.57 Å². The Bertz CT molecular complexity index is 211. The normalized spacial score (nSPS) is 18.7. The van der Waals surface area contributed by atoms with Gasteiger partial charge in [0.1, 0.15) is 5.76 Å². The Morgan fingerprint density at radius 3 is 2.54 bits per heavy atom. The van der Waals surface area contributed by atoms with Gasteiger partial charge < -0.3 is 4.74 Å². The van der Waals surface area contributed by atoms with Crippen molar-refractivity contribution in [3.63, 3.8) is 0 Å². The highest BCUT2D eigenvalue weighted by atomic mass is 16.5. The topological polar surface area (TPSA) is 9.23 Å². The molecule has 0 aromatic rings. The number of ether oxygens (including phenoxy) is 1. The van der Waals surface area contributed by atoms with Gasteiger partial charge in [0.15, 0.2) is 0 Å². The Kier molecular flexibility index (Phi) is 6.03. The van der Waals surface area contributed by atoms with Gasteiger partial charge in [-0.05, 0) is 25.3 Å². The van der Waals surface area contributed by atoms with E-state index < -0.39 is 0 Å². The van der Waals surface area contributed by atoms with Crippen molar-refractivity contribution in [2.45, 2.75) is 33.6 Å². The minimum absolute atomic E-state index is 0.812. The molecule has 13 heavy (non-hydrogen) atoms. The van der Waals surface area contributed by atoms with E-state index in [4.69, 9.17) is 4.74 Å². The summed E-state index contributed by atoms with van der Waals surface area (Å²) in [5.41, 5.74) is 2.26. The van der Waals surface area contributed by atoms with Gasteiger partial charge in [-0.15, -0.1) is 0 Å². The van der Waals surface area contributed by atoms with Crippen molar-refractivity contribution >= 4 is 0 Å². The van der Waals surface area contributed by atoms with Crippen molar-refractivity contribution in [1.29, 1.82) is 0 Å². The Balaban J connectivity index is 0.000000671. The monoisotopic (exact) mass is 180 g/mol. The van der Waals surface area contributed by atoms with Crippen LogP contribution in [0.5, 0.6) is 0 Å². The Morgan fingerprint density at radius 1 is 1.46 bits per heavy atom. The van der Waals surface area contributed by atoms with Crippen molar-refractivity contribution in [3.05, 3.63) is 36.1 Å². The fraction of sp³-hybridized carbons (Fsp3) is 0.500. The SMILES string of the molecule is C=C(C)/C=C1/CCCOC1=C.CC. The van der Waals surface area contributed by atoms with Crippen molar-refractivity contribution in [3.8, 4) is 0 Å². The standard InChI is InChI=1S/C10H14O.C2H6/c1-8(2)7-10-5-4-6-11-9(10)3;1-2/h7H,1,3-6H2,2H3;1-2H3/b10-7-;. The molecule has 0 radical (unpaired) electrons. The van der Waals surface area contributed by atoms with Crippen LogP contribution in [0.4, 0.5) is 0 Å². The lowest BCUT2D eigenvalue weighted by atomic mass is 10.0. The van der Waals surface area contributed by atoms with Gasteiger partial charge in [-0.2, -0.15) is 0 Å². The highest BCUT2D eigenvalue weighted by Crippen LogP contribution is 2.22. The van der Waals surface area contributed by atoms with Crippen LogP contribution in [0, 0.1) is 0 Å². The molecule has 0 amide bonds. The van der Waals surface area contributed by atoms with E-state index in [0.29, 0.717) is 0 Å². The summed E-state index contributed by atoms with van der Waals surface area (Å²) in [7, 11) is 0. The molecule has 0 N–H and O–H groups in total. The third kappa shape index (κ3) is 4.56. The third-order valence-electron chi connectivity index (χ3n) is 1.65. The van der Waals surface area contributed by atoms with Crippen LogP contribution in [0.25, 0.3) is 0 Å². The number of rotatable bonds is 1. The summed E-state index contributed by atoms with van der Waals surface area (Å²) < 4.78 is 5.29. The van der Waals surface area contributed by atoms with Crippen LogP contribution < -0.4 is 0 Å². The second kappa shape index (κ2) is 6.53. The van der Waals surface area contributed by atoms with Crippen LogP contribution >= 0.6 is 0 Å². The summed E-state index contributed by atoms with van der Waals surface area (Å²) in [6, 6.07) is 0. The fourth-order valence-corrected chi connectivity index (χ4v) is 1.14. The molecule has 1 heterocycles. The lowest BCUT2D eigenvalue weighted by Crippen LogP contribution is -2.05. The van der Waals surface area contributed by atoms with Crippen molar-refractivity contribution < 1.29 is 4.74 Å². The average molecular weight is 180 g/mol. The second-order valence-corrected chi connectivity index (χ2v) is 2.89. The maximum atomic E-state index is 5.29. The van der Waals surface area contributed by atoms with Crippen molar-refractivity contribution in [1.82, 2.24) is 0 Å². The smallest absolute Gasteiger partial charge is 0.115 e. The maximum absolute atomic E-state index is 5.29. The molecule has 74 valence electrons. The molecule has 1 rings (SSSR count). The predicted molar refractivity (Wildman–Crippen MR) is 58.6 cm³/mol. The van der Waals surface area contributed by atoms with Crippen molar-refractivity contribution in [2.24, 2.45) is 0 Å². The van der Waals surface area contributed by atoms with Crippen molar-refractivity contribution in [2.75, 3.05) is 6.61 Å². The summed E-state index contributed by atoms with van der Waals surface area (Å²) in [6.45, 7) is 14.4. The fourth-order valence-electron chi connectivity index (χ4n) is 1.14. The van der Waals surface area contributed by atoms with E-state index in [2.05, 4.69) is 13.2 Å². The Labute approximate surface area is 81.8 Å². The van der Waals surface area contributed by atoms with E-state index in [-0.39, 0.29) is 0 Å². The van der Waals surface area contributed by atoms with E-state index in [9.17, 15) is 0 Å². The van der Waals surface area contributed by atoms with Crippen LogP contribution in [-0.4, -0.2) is 6.61 Å². The maximum Gasteiger partial charge on any atom is 0.115 e. The molecule has 1 fully saturated rings. The first-order valence-electron chi connectivity index (χ1n) is 4.88. The summed E-state index contributed by atoms with van der Waals surface area (Å²) >= 11 is 0. The number of hydrogen-bond donors (Lipinski definition) is 0. The van der Waals surface area contributed by atoms with Gasteiger partial charge >= 0.3 is 0 Å². The highest BCUT2D eigenvalue weighted by Gasteiger charge is 2.09. The van der Waals surface area contributed by atoms with Gasteiger partial charge in [0.25, 0.3) is 0 Å². The molecule has 0 atom stereocenters. The number of allylic oxidation sites excluding steroid dienone is 3. The van der Waals surface area contributed by atoms with Gasteiger partial charge in [0.2, 0.25) is 0 Å². The van der Waals surface area contributed by atoms with Gasteiger partial charge in [0.05, 0.1) is 6.61 Å². The van der Waals surface area contributed by atoms with Gasteiger partial charge in [-0.25, -0.2) is 0 Å². The van der Waals surface area contributed by atoms with Gasteiger partial charge in [-0.3, -0.25) is 0 Å². The minimum atomic E-state index is 0.812. The number of hydrogen-bond acceptors (Lipinski definition) is 1. The van der Waals surface area contributed by atoms with E-state index in [1.807, 2.05) is 26.8 Å². The minimum Gasteiger partial charge on any atom is -0.494 e. The van der Waals surface area contributed by atoms with Gasteiger partial charge in [-0.1, -0.05) is 38.7 Å². The molecule has 0 aromatic heterocycles. The molecular weight excluding hydrogens is 160 g/mol. The molecular formula is C12H20O. The molecule has 0 aliphatic carbocycles. The van der Waals surface area contributed by atoms with Gasteiger partial charge in [0, 0.05) is 0 Å². The zero-order chi connectivity index (χ0) is 10.3. The Morgan fingerprint density at radius 2 is 2.08 bits per heavy atom. The first kappa shape index (κ1) is 12.0. The molecule has 0 saturated carbocycles. The van der Waals surface area contributed by atoms with Crippen LogP contribution in [0.3, 0.4) is 0 Å². The summed E-state index contributed by atoms with van der Waals surface area (Å²) in [5, 5.41) is 0. The van der Waals surface area contributed by atoms with Crippen LogP contribution in [0.15, 0.2) is 36.1 Å². The summed E-state index contributed by atoms with van der Waals surface area (Å²) in [4.78, 5) is 0. The van der Waals surface area contributed by atoms with E-state index >= 15 is 0 Å². The molecule has 1 aliphatic rings. The first-order valence-corrected chi connectivity index (χ1v) is 4.88. The summed E-state index contributed by atoms with van der Waals surface area (Å²) in [5.74, 6) is 0.819. The zero-order valence-electron chi connectivity index (χ0n) is 9.02. The highest BCUT2D eigenvalue weighted by molar-refractivity contribution is 5.31. The average Bonchev–Trinajstić information content (AvgIpc) is 2.12. The molecule has 1 saturated heterocycles. The first-order chi connectivity index (χ1) is 6.20.